The molecule has 0 atom stereocenters. The zero-order valence-corrected chi connectivity index (χ0v) is 17.5. The van der Waals surface area contributed by atoms with Gasteiger partial charge in [0.05, 0.1) is 12.1 Å². The summed E-state index contributed by atoms with van der Waals surface area (Å²) in [5, 5.41) is 5.05. The van der Waals surface area contributed by atoms with Gasteiger partial charge in [0.15, 0.2) is 0 Å². The lowest BCUT2D eigenvalue weighted by Gasteiger charge is -2.34. The van der Waals surface area contributed by atoms with Crippen molar-refractivity contribution in [3.8, 4) is 0 Å². The van der Waals surface area contributed by atoms with Gasteiger partial charge in [-0.05, 0) is 42.0 Å². The van der Waals surface area contributed by atoms with Crippen molar-refractivity contribution in [2.75, 3.05) is 38.0 Å². The Morgan fingerprint density at radius 3 is 2.45 bits per heavy atom. The van der Waals surface area contributed by atoms with E-state index in [1.807, 2.05) is 12.3 Å². The molecule has 1 N–H and O–H groups in total. The number of carbonyl (C=O) groups is 1. The second kappa shape index (κ2) is 9.09. The van der Waals surface area contributed by atoms with E-state index in [4.69, 9.17) is 23.2 Å². The Morgan fingerprint density at radius 1 is 0.966 bits per heavy atom. The van der Waals surface area contributed by atoms with E-state index in [0.717, 1.165) is 38.2 Å². The molecule has 1 saturated heterocycles. The number of piperazine rings is 1. The Hall–Kier alpha value is -2.18. The first-order valence-electron chi connectivity index (χ1n) is 9.59. The molecular formula is C22H22Cl2N4O. The fourth-order valence-corrected chi connectivity index (χ4v) is 4.14. The average molecular weight is 429 g/mol. The second-order valence-corrected chi connectivity index (χ2v) is 8.16. The fourth-order valence-electron chi connectivity index (χ4n) is 3.62. The van der Waals surface area contributed by atoms with Crippen molar-refractivity contribution in [3.63, 3.8) is 0 Å². The van der Waals surface area contributed by atoms with Crippen molar-refractivity contribution < 1.29 is 4.79 Å². The number of pyridine rings is 1. The minimum atomic E-state index is -0.0567. The third-order valence-electron chi connectivity index (χ3n) is 5.05. The lowest BCUT2D eigenvalue weighted by molar-refractivity contribution is -0.117. The zero-order valence-electron chi connectivity index (χ0n) is 15.9. The molecule has 0 saturated carbocycles. The van der Waals surface area contributed by atoms with Crippen LogP contribution in [0.15, 0.2) is 54.7 Å². The molecule has 3 aromatic rings. The van der Waals surface area contributed by atoms with Gasteiger partial charge in [-0.1, -0.05) is 35.3 Å². The van der Waals surface area contributed by atoms with Gasteiger partial charge in [0.2, 0.25) is 5.91 Å². The summed E-state index contributed by atoms with van der Waals surface area (Å²) in [5.74, 6) is -0.0567. The van der Waals surface area contributed by atoms with Gasteiger partial charge in [-0.2, -0.15) is 0 Å². The molecule has 1 fully saturated rings. The summed E-state index contributed by atoms with van der Waals surface area (Å²) in [6.07, 6.45) is 1.82. The number of nitrogens with zero attached hydrogens (tertiary/aromatic N) is 3. The van der Waals surface area contributed by atoms with Gasteiger partial charge in [-0.15, -0.1) is 0 Å². The summed E-state index contributed by atoms with van der Waals surface area (Å²) in [7, 11) is 0. The highest BCUT2D eigenvalue weighted by atomic mass is 35.5. The molecule has 2 aromatic carbocycles. The predicted octanol–water partition coefficient (Wildman–Crippen LogP) is 4.30. The maximum Gasteiger partial charge on any atom is 0.238 e. The molecular weight excluding hydrogens is 407 g/mol. The van der Waals surface area contributed by atoms with Crippen LogP contribution in [0.2, 0.25) is 10.0 Å². The van der Waals surface area contributed by atoms with Gasteiger partial charge in [0.25, 0.3) is 0 Å². The molecule has 7 heteroatoms. The number of aromatic nitrogens is 1. The maximum absolute atomic E-state index is 12.3. The molecule has 0 unspecified atom stereocenters. The number of hydrogen-bond acceptors (Lipinski definition) is 4. The van der Waals surface area contributed by atoms with Crippen LogP contribution in [0, 0.1) is 0 Å². The van der Waals surface area contributed by atoms with Crippen LogP contribution in [0.4, 0.5) is 5.69 Å². The number of anilines is 1. The standard InChI is InChI=1S/C22H22Cl2N4O/c23-18-11-19(24)13-20(12-18)26-22(29)15-28-8-6-27(7-9-28)14-16-3-4-21-17(10-16)2-1-5-25-21/h1-5,10-13H,6-9,14-15H2,(H,26,29). The second-order valence-electron chi connectivity index (χ2n) is 7.29. The van der Waals surface area contributed by atoms with E-state index in [1.54, 1.807) is 18.2 Å². The van der Waals surface area contributed by atoms with Gasteiger partial charge in [-0.25, -0.2) is 0 Å². The SMILES string of the molecule is O=C(CN1CCN(Cc2ccc3ncccc3c2)CC1)Nc1cc(Cl)cc(Cl)c1. The highest BCUT2D eigenvalue weighted by molar-refractivity contribution is 6.35. The molecule has 1 amide bonds. The Morgan fingerprint density at radius 2 is 1.69 bits per heavy atom. The number of rotatable bonds is 5. The third-order valence-corrected chi connectivity index (χ3v) is 5.49. The molecule has 1 aliphatic rings. The molecule has 4 rings (SSSR count). The number of amides is 1. The maximum atomic E-state index is 12.3. The molecule has 5 nitrogen and oxygen atoms in total. The van der Waals surface area contributed by atoms with Gasteiger partial charge in [-0.3, -0.25) is 19.6 Å². The highest BCUT2D eigenvalue weighted by Gasteiger charge is 2.19. The molecule has 0 radical (unpaired) electrons. The summed E-state index contributed by atoms with van der Waals surface area (Å²) in [5.41, 5.74) is 2.93. The van der Waals surface area contributed by atoms with Crippen LogP contribution < -0.4 is 5.32 Å². The number of nitrogens with one attached hydrogen (secondary N) is 1. The van der Waals surface area contributed by atoms with Crippen molar-refractivity contribution in [1.29, 1.82) is 0 Å². The topological polar surface area (TPSA) is 48.5 Å². The molecule has 0 aliphatic carbocycles. The van der Waals surface area contributed by atoms with E-state index in [9.17, 15) is 4.79 Å². The number of hydrogen-bond donors (Lipinski definition) is 1. The summed E-state index contributed by atoms with van der Waals surface area (Å²) in [6.45, 7) is 4.85. The summed E-state index contributed by atoms with van der Waals surface area (Å²) in [6, 6.07) is 15.5. The van der Waals surface area contributed by atoms with Crippen molar-refractivity contribution in [2.45, 2.75) is 6.54 Å². The van der Waals surface area contributed by atoms with E-state index < -0.39 is 0 Å². The van der Waals surface area contributed by atoms with Crippen LogP contribution in [-0.2, 0) is 11.3 Å². The monoisotopic (exact) mass is 428 g/mol. The van der Waals surface area contributed by atoms with Crippen LogP contribution in [-0.4, -0.2) is 53.4 Å². The quantitative estimate of drug-likeness (QED) is 0.657. The van der Waals surface area contributed by atoms with Crippen LogP contribution >= 0.6 is 23.2 Å². The smallest absolute Gasteiger partial charge is 0.238 e. The van der Waals surface area contributed by atoms with Crippen LogP contribution in [0.5, 0.6) is 0 Å². The minimum absolute atomic E-state index is 0.0567. The van der Waals surface area contributed by atoms with Crippen molar-refractivity contribution in [1.82, 2.24) is 14.8 Å². The Kier molecular flexibility index (Phi) is 6.31. The Bertz CT molecular complexity index is 998. The molecule has 1 aliphatic heterocycles. The van der Waals surface area contributed by atoms with Crippen LogP contribution in [0.1, 0.15) is 5.56 Å². The van der Waals surface area contributed by atoms with Crippen molar-refractivity contribution in [2.24, 2.45) is 0 Å². The first kappa shape index (κ1) is 20.1. The van der Waals surface area contributed by atoms with Crippen LogP contribution in [0.25, 0.3) is 10.9 Å². The molecule has 0 bridgehead atoms. The minimum Gasteiger partial charge on any atom is -0.325 e. The van der Waals surface area contributed by atoms with E-state index in [1.165, 1.54) is 10.9 Å². The predicted molar refractivity (Wildman–Crippen MR) is 119 cm³/mol. The van der Waals surface area contributed by atoms with E-state index >= 15 is 0 Å². The average Bonchev–Trinajstić information content (AvgIpc) is 2.68. The summed E-state index contributed by atoms with van der Waals surface area (Å²) >= 11 is 12.0. The van der Waals surface area contributed by atoms with Gasteiger partial charge < -0.3 is 5.32 Å². The lowest BCUT2D eigenvalue weighted by Crippen LogP contribution is -2.48. The molecule has 150 valence electrons. The van der Waals surface area contributed by atoms with Gasteiger partial charge in [0.1, 0.15) is 0 Å². The summed E-state index contributed by atoms with van der Waals surface area (Å²) < 4.78 is 0. The zero-order chi connectivity index (χ0) is 20.2. The molecule has 2 heterocycles. The number of carbonyl (C=O) groups excluding carboxylic acids is 1. The molecule has 29 heavy (non-hydrogen) atoms. The number of benzene rings is 2. The lowest BCUT2D eigenvalue weighted by atomic mass is 10.1. The Balaban J connectivity index is 1.27. The largest absolute Gasteiger partial charge is 0.325 e. The Labute approximate surface area is 180 Å². The van der Waals surface area contributed by atoms with E-state index in [2.05, 4.69) is 44.4 Å². The van der Waals surface area contributed by atoms with E-state index in [0.29, 0.717) is 22.3 Å². The fraction of sp³-hybridized carbons (Fsp3) is 0.273. The highest BCUT2D eigenvalue weighted by Crippen LogP contribution is 2.22. The first-order valence-corrected chi connectivity index (χ1v) is 10.3. The normalized spacial score (nSPS) is 15.5. The number of halogens is 2. The van der Waals surface area contributed by atoms with Gasteiger partial charge >= 0.3 is 0 Å². The van der Waals surface area contributed by atoms with Gasteiger partial charge in [0, 0.05) is 60.0 Å². The first-order chi connectivity index (χ1) is 14.0. The summed E-state index contributed by atoms with van der Waals surface area (Å²) in [4.78, 5) is 21.3. The molecule has 1 aromatic heterocycles. The van der Waals surface area contributed by atoms with Crippen LogP contribution in [0.3, 0.4) is 0 Å². The molecule has 0 spiro atoms. The number of fused-ring (bicyclic) bond motifs is 1. The third kappa shape index (κ3) is 5.46. The van der Waals surface area contributed by atoms with E-state index in [-0.39, 0.29) is 5.91 Å². The van der Waals surface area contributed by atoms with Crippen molar-refractivity contribution >= 4 is 45.7 Å². The van der Waals surface area contributed by atoms with Crippen molar-refractivity contribution in [3.05, 3.63) is 70.3 Å².